The van der Waals surface area contributed by atoms with Crippen molar-refractivity contribution in [2.45, 2.75) is 33.3 Å². The highest BCUT2D eigenvalue weighted by Crippen LogP contribution is 2.21. The summed E-state index contributed by atoms with van der Waals surface area (Å²) in [6.45, 7) is 9.03. The number of ether oxygens (including phenoxy) is 1. The van der Waals surface area contributed by atoms with Crippen molar-refractivity contribution in [2.24, 2.45) is 11.8 Å². The van der Waals surface area contributed by atoms with Crippen LogP contribution in [0.1, 0.15) is 27.2 Å². The highest BCUT2D eigenvalue weighted by molar-refractivity contribution is 5.88. The topological polar surface area (TPSA) is 61.8 Å². The van der Waals surface area contributed by atoms with E-state index in [1.807, 2.05) is 0 Å². The Kier molecular flexibility index (Phi) is 6.42. The molecule has 0 saturated carbocycles. The second-order valence-electron chi connectivity index (χ2n) is 6.83. The number of carbonyl (C=O) groups excluding carboxylic acids is 1. The van der Waals surface area contributed by atoms with Crippen molar-refractivity contribution in [1.82, 2.24) is 4.90 Å². The molecule has 1 aromatic rings. The predicted molar refractivity (Wildman–Crippen MR) is 91.6 cm³/mol. The van der Waals surface area contributed by atoms with Crippen LogP contribution < -0.4 is 10.1 Å². The number of likely N-dealkylation sites (tertiary alicyclic amines) is 1. The molecule has 3 atom stereocenters. The Morgan fingerprint density at radius 3 is 2.48 bits per heavy atom. The second-order valence-corrected chi connectivity index (χ2v) is 6.83. The lowest BCUT2D eigenvalue weighted by Crippen LogP contribution is -2.43. The summed E-state index contributed by atoms with van der Waals surface area (Å²) in [7, 11) is 0. The van der Waals surface area contributed by atoms with Crippen molar-refractivity contribution in [3.63, 3.8) is 0 Å². The number of aliphatic hydroxyl groups excluding tert-OH is 1. The number of rotatable bonds is 6. The van der Waals surface area contributed by atoms with E-state index in [1.54, 1.807) is 24.3 Å². The summed E-state index contributed by atoms with van der Waals surface area (Å²) in [5.74, 6) is 1.97. The van der Waals surface area contributed by atoms with Gasteiger partial charge in [-0.1, -0.05) is 13.8 Å². The number of aliphatic hydroxyl groups is 1. The third-order valence-electron chi connectivity index (χ3n) is 4.03. The van der Waals surface area contributed by atoms with Crippen LogP contribution in [0.15, 0.2) is 24.3 Å². The molecule has 1 heterocycles. The smallest absolute Gasteiger partial charge is 0.221 e. The van der Waals surface area contributed by atoms with E-state index < -0.39 is 6.10 Å². The van der Waals surface area contributed by atoms with Crippen LogP contribution in [0.4, 0.5) is 5.69 Å². The number of piperidine rings is 1. The number of benzene rings is 1. The van der Waals surface area contributed by atoms with Gasteiger partial charge in [0.05, 0.1) is 0 Å². The molecule has 1 amide bonds. The molecular weight excluding hydrogens is 292 g/mol. The Hall–Kier alpha value is -1.59. The average Bonchev–Trinajstić information content (AvgIpc) is 2.45. The molecule has 2 rings (SSSR count). The summed E-state index contributed by atoms with van der Waals surface area (Å²) in [6, 6.07) is 7.17. The Morgan fingerprint density at radius 1 is 1.30 bits per heavy atom. The van der Waals surface area contributed by atoms with Gasteiger partial charge >= 0.3 is 0 Å². The molecular formula is C18H28N2O3. The third kappa shape index (κ3) is 6.20. The van der Waals surface area contributed by atoms with E-state index in [0.717, 1.165) is 18.8 Å². The lowest BCUT2D eigenvalue weighted by Gasteiger charge is -2.35. The molecule has 1 aliphatic heterocycles. The maximum absolute atomic E-state index is 11.0. The average molecular weight is 320 g/mol. The lowest BCUT2D eigenvalue weighted by molar-refractivity contribution is -0.114. The molecule has 0 unspecified atom stereocenters. The molecule has 0 aliphatic carbocycles. The van der Waals surface area contributed by atoms with Gasteiger partial charge < -0.3 is 20.1 Å². The first-order valence-corrected chi connectivity index (χ1v) is 8.33. The van der Waals surface area contributed by atoms with Crippen LogP contribution in [0.2, 0.25) is 0 Å². The summed E-state index contributed by atoms with van der Waals surface area (Å²) in [5, 5.41) is 12.9. The zero-order valence-electron chi connectivity index (χ0n) is 14.3. The van der Waals surface area contributed by atoms with E-state index in [9.17, 15) is 9.90 Å². The van der Waals surface area contributed by atoms with Crippen LogP contribution in [-0.2, 0) is 4.79 Å². The molecule has 1 aromatic carbocycles. The Bertz CT molecular complexity index is 493. The molecule has 0 radical (unpaired) electrons. The van der Waals surface area contributed by atoms with Crippen molar-refractivity contribution < 1.29 is 14.6 Å². The van der Waals surface area contributed by atoms with Crippen LogP contribution in [-0.4, -0.2) is 48.3 Å². The summed E-state index contributed by atoms with van der Waals surface area (Å²) in [5.41, 5.74) is 0.738. The van der Waals surface area contributed by atoms with Crippen LogP contribution in [0.5, 0.6) is 5.75 Å². The predicted octanol–water partition coefficient (Wildman–Crippen LogP) is 2.36. The second kappa shape index (κ2) is 8.31. The Morgan fingerprint density at radius 2 is 1.91 bits per heavy atom. The number of nitrogens with zero attached hydrogens (tertiary/aromatic N) is 1. The molecule has 1 saturated heterocycles. The standard InChI is InChI=1S/C18H28N2O3/c1-13-8-14(2)10-20(9-13)11-17(22)12-23-18-6-4-16(5-7-18)19-15(3)21/h4-7,13-14,17,22H,8-12H2,1-3H3,(H,19,21)/t13-,14-,17+/m1/s1. The third-order valence-corrected chi connectivity index (χ3v) is 4.03. The Labute approximate surface area is 138 Å². The zero-order valence-corrected chi connectivity index (χ0v) is 14.3. The number of β-amino-alcohol motifs (C(OH)–C–C–N with tert-alkyl or cyclic N) is 1. The van der Waals surface area contributed by atoms with Crippen molar-refractivity contribution in [3.05, 3.63) is 24.3 Å². The first-order chi connectivity index (χ1) is 10.9. The van der Waals surface area contributed by atoms with Crippen LogP contribution in [0, 0.1) is 11.8 Å². The highest BCUT2D eigenvalue weighted by atomic mass is 16.5. The van der Waals surface area contributed by atoms with Crippen molar-refractivity contribution >= 4 is 11.6 Å². The van der Waals surface area contributed by atoms with Crippen molar-refractivity contribution in [3.8, 4) is 5.75 Å². The van der Waals surface area contributed by atoms with Crippen LogP contribution in [0.25, 0.3) is 0 Å². The minimum Gasteiger partial charge on any atom is -0.491 e. The lowest BCUT2D eigenvalue weighted by atomic mass is 9.92. The van der Waals surface area contributed by atoms with Gasteiger partial charge in [0.1, 0.15) is 18.5 Å². The number of anilines is 1. The Balaban J connectivity index is 1.75. The number of amides is 1. The number of hydrogen-bond donors (Lipinski definition) is 2. The maximum atomic E-state index is 11.0. The largest absolute Gasteiger partial charge is 0.491 e. The number of hydrogen-bond acceptors (Lipinski definition) is 4. The minimum absolute atomic E-state index is 0.0981. The van der Waals surface area contributed by atoms with Crippen molar-refractivity contribution in [1.29, 1.82) is 0 Å². The summed E-state index contributed by atoms with van der Waals surface area (Å²) >= 11 is 0. The van der Waals surface area contributed by atoms with Gasteiger partial charge in [0.15, 0.2) is 0 Å². The van der Waals surface area contributed by atoms with Gasteiger partial charge in [-0.25, -0.2) is 0 Å². The summed E-state index contributed by atoms with van der Waals surface area (Å²) < 4.78 is 5.63. The molecule has 1 fully saturated rings. The molecule has 0 spiro atoms. The summed E-state index contributed by atoms with van der Waals surface area (Å²) in [6.07, 6.45) is 0.770. The molecule has 23 heavy (non-hydrogen) atoms. The normalized spacial score (nSPS) is 23.3. The van der Waals surface area contributed by atoms with Gasteiger partial charge in [0.2, 0.25) is 5.91 Å². The quantitative estimate of drug-likeness (QED) is 0.845. The van der Waals surface area contributed by atoms with Gasteiger partial charge in [-0.3, -0.25) is 4.79 Å². The van der Waals surface area contributed by atoms with Gasteiger partial charge in [0.25, 0.3) is 0 Å². The fourth-order valence-corrected chi connectivity index (χ4v) is 3.32. The molecule has 0 aromatic heterocycles. The fourth-order valence-electron chi connectivity index (χ4n) is 3.32. The van der Waals surface area contributed by atoms with E-state index in [0.29, 0.717) is 24.1 Å². The van der Waals surface area contributed by atoms with Gasteiger partial charge in [-0.15, -0.1) is 0 Å². The maximum Gasteiger partial charge on any atom is 0.221 e. The zero-order chi connectivity index (χ0) is 16.8. The monoisotopic (exact) mass is 320 g/mol. The number of carbonyl (C=O) groups is 1. The molecule has 2 N–H and O–H groups in total. The minimum atomic E-state index is -0.498. The molecule has 0 bridgehead atoms. The highest BCUT2D eigenvalue weighted by Gasteiger charge is 2.23. The van der Waals surface area contributed by atoms with Gasteiger partial charge in [-0.2, -0.15) is 0 Å². The molecule has 5 nitrogen and oxygen atoms in total. The SMILES string of the molecule is CC(=O)Nc1ccc(OC[C@@H](O)CN2C[C@H](C)C[C@@H](C)C2)cc1. The molecule has 1 aliphatic rings. The summed E-state index contributed by atoms with van der Waals surface area (Å²) in [4.78, 5) is 13.3. The molecule has 5 heteroatoms. The van der Waals surface area contributed by atoms with Gasteiger partial charge in [-0.05, 0) is 42.5 Å². The van der Waals surface area contributed by atoms with E-state index >= 15 is 0 Å². The van der Waals surface area contributed by atoms with Gasteiger partial charge in [0, 0.05) is 32.2 Å². The number of nitrogens with one attached hydrogen (secondary N) is 1. The first-order valence-electron chi connectivity index (χ1n) is 8.33. The van der Waals surface area contributed by atoms with E-state index in [4.69, 9.17) is 4.74 Å². The van der Waals surface area contributed by atoms with Crippen LogP contribution in [0.3, 0.4) is 0 Å². The first kappa shape index (κ1) is 17.8. The van der Waals surface area contributed by atoms with E-state index in [1.165, 1.54) is 13.3 Å². The fraction of sp³-hybridized carbons (Fsp3) is 0.611. The van der Waals surface area contributed by atoms with E-state index in [2.05, 4.69) is 24.1 Å². The van der Waals surface area contributed by atoms with Crippen molar-refractivity contribution in [2.75, 3.05) is 31.6 Å². The van der Waals surface area contributed by atoms with Crippen LogP contribution >= 0.6 is 0 Å². The van der Waals surface area contributed by atoms with E-state index in [-0.39, 0.29) is 12.5 Å². The molecule has 128 valence electrons.